The van der Waals surface area contributed by atoms with Gasteiger partial charge in [-0.15, -0.1) is 41.5 Å². The Balaban J connectivity index is 3.17. The average Bonchev–Trinajstić information content (AvgIpc) is 2.20. The molecule has 0 spiro atoms. The molecule has 0 aromatic carbocycles. The summed E-state index contributed by atoms with van der Waals surface area (Å²) in [4.78, 5) is 4.04. The van der Waals surface area contributed by atoms with Crippen LogP contribution in [-0.4, -0.2) is 26.0 Å². The summed E-state index contributed by atoms with van der Waals surface area (Å²) in [6.45, 7) is 1.34. The van der Waals surface area contributed by atoms with Crippen molar-refractivity contribution in [3.8, 4) is 0 Å². The first-order valence-corrected chi connectivity index (χ1v) is 9.60. The maximum atomic E-state index is 9.59. The maximum Gasteiger partial charge on any atom is 0.322 e. The predicted molar refractivity (Wildman–Crippen MR) is 82.7 cm³/mol. The number of halogens is 2. The fraction of sp³-hybridized carbons (Fsp3) is 0.222. The molecular formula is C9H12BI2NO. The molecule has 1 N–H and O–H groups in total. The number of hydrogen-bond donors (Lipinski definition) is 1. The first kappa shape index (κ1) is 12.4. The zero-order chi connectivity index (χ0) is 10.6. The van der Waals surface area contributed by atoms with Gasteiger partial charge in [0.05, 0.1) is 1.93 Å². The Morgan fingerprint density at radius 2 is 2.14 bits per heavy atom. The van der Waals surface area contributed by atoms with Crippen LogP contribution < -0.4 is 5.46 Å². The van der Waals surface area contributed by atoms with Crippen LogP contribution in [0.5, 0.6) is 0 Å². The predicted octanol–water partition coefficient (Wildman–Crippen LogP) is 1.71. The molecule has 1 aromatic heterocycles. The van der Waals surface area contributed by atoms with Gasteiger partial charge >= 0.3 is 6.92 Å². The molecule has 0 aliphatic carbocycles. The first-order chi connectivity index (χ1) is 6.70. The van der Waals surface area contributed by atoms with Crippen molar-refractivity contribution < 1.29 is 5.02 Å². The second kappa shape index (κ2) is 6.07. The van der Waals surface area contributed by atoms with Crippen molar-refractivity contribution in [3.05, 3.63) is 24.0 Å². The molecule has 14 heavy (non-hydrogen) atoms. The lowest BCUT2D eigenvalue weighted by atomic mass is 9.63. The summed E-state index contributed by atoms with van der Waals surface area (Å²) in [5.41, 5.74) is 2.17. The average molecular weight is 415 g/mol. The van der Waals surface area contributed by atoms with Crippen LogP contribution in [-0.2, 0) is 0 Å². The Labute approximate surface area is 105 Å². The van der Waals surface area contributed by atoms with Crippen molar-refractivity contribution in [3.63, 3.8) is 0 Å². The van der Waals surface area contributed by atoms with Gasteiger partial charge in [0.15, 0.2) is 0 Å². The third-order valence-corrected chi connectivity index (χ3v) is 9.20. The monoisotopic (exact) mass is 415 g/mol. The Hall–Kier alpha value is 0.375. The molecule has 1 aromatic rings. The van der Waals surface area contributed by atoms with Gasteiger partial charge in [-0.2, -0.15) is 0 Å². The van der Waals surface area contributed by atoms with E-state index in [9.17, 15) is 5.02 Å². The second-order valence-corrected chi connectivity index (χ2v) is 9.43. The minimum atomic E-state index is -0.438. The van der Waals surface area contributed by atoms with Crippen LogP contribution in [0.4, 0.5) is 0 Å². The molecular weight excluding hydrogens is 403 g/mol. The normalized spacial score (nSPS) is 10.5. The van der Waals surface area contributed by atoms with Gasteiger partial charge in [0.25, 0.3) is 0 Å². The summed E-state index contributed by atoms with van der Waals surface area (Å²) >= 11 is -0.164. The van der Waals surface area contributed by atoms with Gasteiger partial charge in [-0.25, -0.2) is 0 Å². The van der Waals surface area contributed by atoms with E-state index < -0.39 is 6.92 Å². The van der Waals surface area contributed by atoms with Crippen LogP contribution in [0.2, 0.25) is 6.82 Å². The fourth-order valence-corrected chi connectivity index (χ4v) is 5.07. The summed E-state index contributed by atoms with van der Waals surface area (Å²) in [5.74, 6) is 0. The molecule has 0 amide bonds. The Morgan fingerprint density at radius 3 is 2.64 bits per heavy atom. The lowest BCUT2D eigenvalue weighted by molar-refractivity contribution is 0.593. The topological polar surface area (TPSA) is 33.1 Å². The van der Waals surface area contributed by atoms with Gasteiger partial charge in [-0.3, -0.25) is 4.98 Å². The van der Waals surface area contributed by atoms with Crippen molar-refractivity contribution in [2.75, 3.05) is 0 Å². The number of hydrogen-bond acceptors (Lipinski definition) is 2. The minimum Gasteiger partial charge on any atom is -0.446 e. The van der Waals surface area contributed by atoms with E-state index in [4.69, 9.17) is 0 Å². The van der Waals surface area contributed by atoms with Gasteiger partial charge in [0, 0.05) is 12.4 Å². The van der Waals surface area contributed by atoms with Crippen molar-refractivity contribution in [1.29, 1.82) is 0 Å². The molecule has 0 unspecified atom stereocenters. The molecule has 76 valence electrons. The molecule has 0 atom stereocenters. The summed E-state index contributed by atoms with van der Waals surface area (Å²) in [7, 11) is 0. The Kier molecular flexibility index (Phi) is 5.39. The molecule has 5 heteroatoms. The summed E-state index contributed by atoms with van der Waals surface area (Å²) in [6, 6.07) is 2.00. The lowest BCUT2D eigenvalue weighted by Crippen LogP contribution is -2.30. The highest BCUT2D eigenvalue weighted by atomic mass is 127. The number of aromatic nitrogens is 1. The minimum absolute atomic E-state index is 0.0820. The van der Waals surface area contributed by atoms with Crippen LogP contribution in [0.15, 0.2) is 18.5 Å². The summed E-state index contributed by atoms with van der Waals surface area (Å²) < 4.78 is 8.60. The highest BCUT2D eigenvalue weighted by Gasteiger charge is 2.16. The zero-order valence-electron chi connectivity index (χ0n) is 7.95. The number of rotatable bonds is 4. The van der Waals surface area contributed by atoms with E-state index in [0.29, 0.717) is 1.93 Å². The molecule has 0 bridgehead atoms. The smallest absolute Gasteiger partial charge is 0.322 e. The van der Waals surface area contributed by atoms with E-state index in [1.165, 1.54) is 5.56 Å². The second-order valence-electron chi connectivity index (χ2n) is 2.79. The van der Waals surface area contributed by atoms with Crippen LogP contribution in [0, 0.1) is 0 Å². The third kappa shape index (κ3) is 2.93. The van der Waals surface area contributed by atoms with Crippen LogP contribution >= 0.6 is 41.5 Å². The fourth-order valence-electron chi connectivity index (χ4n) is 1.17. The molecule has 1 rings (SSSR count). The van der Waals surface area contributed by atoms with Crippen LogP contribution in [0.25, 0.3) is 0 Å². The van der Waals surface area contributed by atoms with Gasteiger partial charge in [-0.05, 0) is 17.1 Å². The van der Waals surface area contributed by atoms with E-state index in [1.807, 2.05) is 6.07 Å². The molecule has 2 nitrogen and oxygen atoms in total. The third-order valence-electron chi connectivity index (χ3n) is 1.84. The van der Waals surface area contributed by atoms with E-state index in [2.05, 4.69) is 14.0 Å². The van der Waals surface area contributed by atoms with Gasteiger partial charge < -0.3 is 5.02 Å². The SMILES string of the molecule is C=IC(I=C)c1ccncc1B(C)O. The van der Waals surface area contributed by atoms with Crippen molar-refractivity contribution in [2.45, 2.75) is 8.75 Å². The first-order valence-electron chi connectivity index (χ1n) is 4.06. The van der Waals surface area contributed by atoms with Crippen LogP contribution in [0.1, 0.15) is 7.49 Å². The highest BCUT2D eigenvalue weighted by Crippen LogP contribution is 2.36. The van der Waals surface area contributed by atoms with Crippen molar-refractivity contribution in [2.24, 2.45) is 0 Å². The largest absolute Gasteiger partial charge is 0.446 e. The van der Waals surface area contributed by atoms with Crippen molar-refractivity contribution >= 4 is 62.9 Å². The standard InChI is InChI=1S/C9H12BI2NO/c1-10(14)8-6-13-5-4-7(8)9(11-2)12-3/h4-6,9,14H,2-3H2,1H3. The number of nitrogens with zero attached hydrogens (tertiary/aromatic N) is 1. The maximum absolute atomic E-state index is 9.59. The highest BCUT2D eigenvalue weighted by molar-refractivity contribution is 14.2. The molecule has 0 fully saturated rings. The Bertz CT molecular complexity index is 335. The molecule has 0 saturated heterocycles. The lowest BCUT2D eigenvalue weighted by Gasteiger charge is -2.12. The van der Waals surface area contributed by atoms with Gasteiger partial charge in [0.2, 0.25) is 0 Å². The van der Waals surface area contributed by atoms with E-state index in [1.54, 1.807) is 19.2 Å². The van der Waals surface area contributed by atoms with E-state index >= 15 is 0 Å². The molecule has 0 radical (unpaired) electrons. The molecule has 0 aliphatic rings. The quantitative estimate of drug-likeness (QED) is 0.462. The van der Waals surface area contributed by atoms with Gasteiger partial charge in [-0.1, -0.05) is 15.9 Å². The summed E-state index contributed by atoms with van der Waals surface area (Å²) in [5, 5.41) is 9.59. The van der Waals surface area contributed by atoms with E-state index in [0.717, 1.165) is 5.46 Å². The van der Waals surface area contributed by atoms with E-state index in [-0.39, 0.29) is 41.5 Å². The summed E-state index contributed by atoms with van der Waals surface area (Å²) in [6.07, 6.45) is 3.54. The van der Waals surface area contributed by atoms with Crippen molar-refractivity contribution in [1.82, 2.24) is 4.98 Å². The van der Waals surface area contributed by atoms with Gasteiger partial charge in [0.1, 0.15) is 0 Å². The number of alkyl halides is 2. The Morgan fingerprint density at radius 1 is 1.50 bits per heavy atom. The molecule has 0 saturated carbocycles. The number of pyridine rings is 1. The molecule has 0 aliphatic heterocycles. The van der Waals surface area contributed by atoms with Crippen LogP contribution in [0.3, 0.4) is 0 Å². The zero-order valence-corrected chi connectivity index (χ0v) is 12.3. The molecule has 1 heterocycles.